The molecule has 1 aromatic heterocycles. The van der Waals surface area contributed by atoms with Gasteiger partial charge in [-0.1, -0.05) is 32.9 Å². The number of ether oxygens (including phenoxy) is 1. The Morgan fingerprint density at radius 2 is 1.86 bits per heavy atom. The standard InChI is InChI=1S/C16H31N3O2/c1-8-10-17-12(15(3,4)5)11-13-18-14(19-21-13)16(6,7)20-9-2/h12,17H,8-11H2,1-7H3. The fraction of sp³-hybridized carbons (Fsp3) is 0.875. The molecule has 0 aliphatic heterocycles. The summed E-state index contributed by atoms with van der Waals surface area (Å²) in [6.07, 6.45) is 1.84. The highest BCUT2D eigenvalue weighted by molar-refractivity contribution is 4.99. The highest BCUT2D eigenvalue weighted by atomic mass is 16.5. The average molecular weight is 297 g/mol. The van der Waals surface area contributed by atoms with Crippen LogP contribution >= 0.6 is 0 Å². The van der Waals surface area contributed by atoms with Crippen LogP contribution in [0.4, 0.5) is 0 Å². The van der Waals surface area contributed by atoms with Crippen molar-refractivity contribution in [3.05, 3.63) is 11.7 Å². The molecule has 0 aromatic carbocycles. The minimum Gasteiger partial charge on any atom is -0.368 e. The average Bonchev–Trinajstić information content (AvgIpc) is 2.82. The van der Waals surface area contributed by atoms with Gasteiger partial charge < -0.3 is 14.6 Å². The van der Waals surface area contributed by atoms with Crippen LogP contribution in [0.1, 0.15) is 66.6 Å². The van der Waals surface area contributed by atoms with Crippen LogP contribution in [0.2, 0.25) is 0 Å². The lowest BCUT2D eigenvalue weighted by molar-refractivity contribution is -0.0221. The fourth-order valence-electron chi connectivity index (χ4n) is 2.19. The first-order valence-electron chi connectivity index (χ1n) is 7.91. The van der Waals surface area contributed by atoms with E-state index in [0.29, 0.717) is 24.4 Å². The summed E-state index contributed by atoms with van der Waals surface area (Å²) in [6.45, 7) is 16.3. The molecule has 0 aliphatic carbocycles. The third-order valence-electron chi connectivity index (χ3n) is 3.58. The van der Waals surface area contributed by atoms with Crippen LogP contribution in [0.5, 0.6) is 0 Å². The predicted molar refractivity (Wildman–Crippen MR) is 84.2 cm³/mol. The van der Waals surface area contributed by atoms with Crippen molar-refractivity contribution in [2.45, 2.75) is 73.0 Å². The molecule has 0 bridgehead atoms. The topological polar surface area (TPSA) is 60.2 Å². The van der Waals surface area contributed by atoms with E-state index in [1.54, 1.807) is 0 Å². The first-order valence-corrected chi connectivity index (χ1v) is 7.91. The maximum atomic E-state index is 5.67. The zero-order valence-electron chi connectivity index (χ0n) is 14.6. The number of nitrogens with zero attached hydrogens (tertiary/aromatic N) is 2. The summed E-state index contributed by atoms with van der Waals surface area (Å²) >= 11 is 0. The van der Waals surface area contributed by atoms with Crippen molar-refractivity contribution in [3.63, 3.8) is 0 Å². The van der Waals surface area contributed by atoms with Crippen LogP contribution in [-0.2, 0) is 16.8 Å². The fourth-order valence-corrected chi connectivity index (χ4v) is 2.19. The van der Waals surface area contributed by atoms with E-state index in [-0.39, 0.29) is 5.41 Å². The van der Waals surface area contributed by atoms with Gasteiger partial charge in [0.1, 0.15) is 5.60 Å². The van der Waals surface area contributed by atoms with E-state index >= 15 is 0 Å². The molecule has 1 heterocycles. The van der Waals surface area contributed by atoms with Crippen LogP contribution in [0.25, 0.3) is 0 Å². The molecule has 0 radical (unpaired) electrons. The van der Waals surface area contributed by atoms with Crippen LogP contribution in [0, 0.1) is 5.41 Å². The number of hydrogen-bond acceptors (Lipinski definition) is 5. The van der Waals surface area contributed by atoms with E-state index in [1.165, 1.54) is 0 Å². The molecule has 0 fully saturated rings. The highest BCUT2D eigenvalue weighted by Crippen LogP contribution is 2.25. The van der Waals surface area contributed by atoms with E-state index in [4.69, 9.17) is 9.26 Å². The zero-order valence-corrected chi connectivity index (χ0v) is 14.6. The van der Waals surface area contributed by atoms with Crippen LogP contribution in [-0.4, -0.2) is 29.3 Å². The molecule has 0 amide bonds. The Hall–Kier alpha value is -0.940. The number of nitrogens with one attached hydrogen (secondary N) is 1. The molecule has 1 atom stereocenters. The summed E-state index contributed by atoms with van der Waals surface area (Å²) in [5, 5.41) is 7.65. The van der Waals surface area contributed by atoms with Gasteiger partial charge in [0.2, 0.25) is 11.7 Å². The molecule has 1 rings (SSSR count). The van der Waals surface area contributed by atoms with Gasteiger partial charge in [-0.3, -0.25) is 0 Å². The first-order chi connectivity index (χ1) is 9.70. The van der Waals surface area contributed by atoms with Gasteiger partial charge in [0, 0.05) is 19.1 Å². The molecule has 5 nitrogen and oxygen atoms in total. The smallest absolute Gasteiger partial charge is 0.228 e. The summed E-state index contributed by atoms with van der Waals surface area (Å²) in [5.74, 6) is 1.28. The Balaban J connectivity index is 2.79. The molecule has 0 saturated heterocycles. The third kappa shape index (κ3) is 5.40. The zero-order chi connectivity index (χ0) is 16.1. The Morgan fingerprint density at radius 3 is 2.38 bits per heavy atom. The Bertz CT molecular complexity index is 421. The molecule has 0 spiro atoms. The second-order valence-electron chi connectivity index (χ2n) is 7.03. The van der Waals surface area contributed by atoms with E-state index in [1.807, 2.05) is 20.8 Å². The molecular formula is C16H31N3O2. The largest absolute Gasteiger partial charge is 0.368 e. The molecule has 0 saturated carbocycles. The van der Waals surface area contributed by atoms with Crippen LogP contribution in [0.3, 0.4) is 0 Å². The lowest BCUT2D eigenvalue weighted by Crippen LogP contribution is -2.42. The summed E-state index contributed by atoms with van der Waals surface area (Å²) in [7, 11) is 0. The highest BCUT2D eigenvalue weighted by Gasteiger charge is 2.30. The van der Waals surface area contributed by atoms with Gasteiger partial charge in [-0.05, 0) is 39.2 Å². The SMILES string of the molecule is CCCNC(Cc1nc(C(C)(C)OCC)no1)C(C)(C)C. The van der Waals surface area contributed by atoms with Crippen molar-refractivity contribution in [2.24, 2.45) is 5.41 Å². The summed E-state index contributed by atoms with van der Waals surface area (Å²) in [5.41, 5.74) is -0.371. The second kappa shape index (κ2) is 7.36. The summed E-state index contributed by atoms with van der Waals surface area (Å²) < 4.78 is 11.1. The lowest BCUT2D eigenvalue weighted by Gasteiger charge is -2.30. The third-order valence-corrected chi connectivity index (χ3v) is 3.58. The first kappa shape index (κ1) is 18.1. The van der Waals surface area contributed by atoms with Crippen molar-refractivity contribution in [1.82, 2.24) is 15.5 Å². The van der Waals surface area contributed by atoms with Gasteiger partial charge in [0.25, 0.3) is 0 Å². The number of aromatic nitrogens is 2. The Labute approximate surface area is 128 Å². The van der Waals surface area contributed by atoms with E-state index < -0.39 is 5.60 Å². The summed E-state index contributed by atoms with van der Waals surface area (Å²) in [4.78, 5) is 4.52. The Kier molecular flexibility index (Phi) is 6.35. The van der Waals surface area contributed by atoms with Gasteiger partial charge in [-0.25, -0.2) is 0 Å². The van der Waals surface area contributed by atoms with Gasteiger partial charge in [0.05, 0.1) is 0 Å². The molecule has 1 N–H and O–H groups in total. The molecule has 21 heavy (non-hydrogen) atoms. The lowest BCUT2D eigenvalue weighted by atomic mass is 9.84. The monoisotopic (exact) mass is 297 g/mol. The molecule has 1 unspecified atom stereocenters. The Morgan fingerprint density at radius 1 is 1.19 bits per heavy atom. The van der Waals surface area contributed by atoms with Gasteiger partial charge in [-0.15, -0.1) is 0 Å². The van der Waals surface area contributed by atoms with Crippen molar-refractivity contribution in [1.29, 1.82) is 0 Å². The van der Waals surface area contributed by atoms with Gasteiger partial charge in [0.15, 0.2) is 0 Å². The van der Waals surface area contributed by atoms with Crippen molar-refractivity contribution >= 4 is 0 Å². The molecular weight excluding hydrogens is 266 g/mol. The minimum atomic E-state index is -0.509. The predicted octanol–water partition coefficient (Wildman–Crippen LogP) is 3.30. The van der Waals surface area contributed by atoms with Crippen LogP contribution in [0.15, 0.2) is 4.52 Å². The van der Waals surface area contributed by atoms with Crippen molar-refractivity contribution in [3.8, 4) is 0 Å². The number of rotatable bonds is 8. The molecule has 5 heteroatoms. The normalized spacial score (nSPS) is 14.4. The van der Waals surface area contributed by atoms with Crippen molar-refractivity contribution in [2.75, 3.05) is 13.2 Å². The molecule has 122 valence electrons. The van der Waals surface area contributed by atoms with E-state index in [0.717, 1.165) is 19.4 Å². The van der Waals surface area contributed by atoms with E-state index in [2.05, 4.69) is 43.2 Å². The number of hydrogen-bond donors (Lipinski definition) is 1. The van der Waals surface area contributed by atoms with Gasteiger partial charge in [-0.2, -0.15) is 4.98 Å². The van der Waals surface area contributed by atoms with Gasteiger partial charge >= 0.3 is 0 Å². The quantitative estimate of drug-likeness (QED) is 0.797. The summed E-state index contributed by atoms with van der Waals surface area (Å²) in [6, 6.07) is 0.306. The van der Waals surface area contributed by atoms with E-state index in [9.17, 15) is 0 Å². The molecule has 0 aliphatic rings. The molecule has 1 aromatic rings. The van der Waals surface area contributed by atoms with Crippen molar-refractivity contribution < 1.29 is 9.26 Å². The maximum absolute atomic E-state index is 5.67. The minimum absolute atomic E-state index is 0.138. The second-order valence-corrected chi connectivity index (χ2v) is 7.03. The van der Waals surface area contributed by atoms with Crippen LogP contribution < -0.4 is 5.32 Å². The maximum Gasteiger partial charge on any atom is 0.228 e.